The fraction of sp³-hybridized carbons (Fsp3) is 0.842. The highest BCUT2D eigenvalue weighted by Crippen LogP contribution is 2.23. The van der Waals surface area contributed by atoms with Gasteiger partial charge in [0, 0.05) is 13.1 Å². The Balaban J connectivity index is 2.43. The van der Waals surface area contributed by atoms with Gasteiger partial charge in [-0.25, -0.2) is 0 Å². The third-order valence-electron chi connectivity index (χ3n) is 4.64. The van der Waals surface area contributed by atoms with Gasteiger partial charge in [0.1, 0.15) is 10.1 Å². The monoisotopic (exact) mass is 388 g/mol. The summed E-state index contributed by atoms with van der Waals surface area (Å²) in [5.41, 5.74) is 0. The smallest absolute Gasteiger partial charge is 0.181 e. The molecule has 0 bridgehead atoms. The van der Waals surface area contributed by atoms with E-state index >= 15 is 0 Å². The van der Waals surface area contributed by atoms with Crippen molar-refractivity contribution in [2.24, 2.45) is 0 Å². The fourth-order valence-corrected chi connectivity index (χ4v) is 4.20. The number of imidazole rings is 1. The molecule has 0 unspecified atom stereocenters. The van der Waals surface area contributed by atoms with Crippen molar-refractivity contribution in [1.29, 1.82) is 0 Å². The van der Waals surface area contributed by atoms with Crippen molar-refractivity contribution in [3.05, 3.63) is 4.77 Å². The van der Waals surface area contributed by atoms with E-state index < -0.39 is 0 Å². The van der Waals surface area contributed by atoms with E-state index in [4.69, 9.17) is 12.2 Å². The first-order chi connectivity index (χ1) is 11.6. The van der Waals surface area contributed by atoms with Crippen molar-refractivity contribution in [2.75, 3.05) is 0 Å². The quantitative estimate of drug-likeness (QED) is 0.193. The molecule has 24 heavy (non-hydrogen) atoms. The molecule has 140 valence electrons. The standard InChI is InChI=1S/C19H36N2S3/c1-3-5-7-9-11-13-15-20-17(22)18(23)21(19(20)24)16-14-12-10-8-6-4-2/h22-23H,3-16H2,1-2H3. The average Bonchev–Trinajstić information content (AvgIpc) is 2.78. The molecule has 0 N–H and O–H groups in total. The Morgan fingerprint density at radius 1 is 0.625 bits per heavy atom. The zero-order valence-electron chi connectivity index (χ0n) is 15.6. The van der Waals surface area contributed by atoms with Crippen LogP contribution in [0.15, 0.2) is 10.1 Å². The Morgan fingerprint density at radius 2 is 0.958 bits per heavy atom. The third kappa shape index (κ3) is 7.57. The van der Waals surface area contributed by atoms with Gasteiger partial charge < -0.3 is 9.13 Å². The van der Waals surface area contributed by atoms with Gasteiger partial charge in [-0.15, -0.1) is 25.3 Å². The summed E-state index contributed by atoms with van der Waals surface area (Å²) in [5, 5.41) is 1.87. The van der Waals surface area contributed by atoms with Crippen molar-refractivity contribution < 1.29 is 0 Å². The Morgan fingerprint density at radius 3 is 1.33 bits per heavy atom. The molecule has 1 aromatic heterocycles. The van der Waals surface area contributed by atoms with Gasteiger partial charge in [0.2, 0.25) is 0 Å². The molecule has 0 radical (unpaired) electrons. The van der Waals surface area contributed by atoms with Crippen LogP contribution in [0.4, 0.5) is 0 Å². The Kier molecular flexibility index (Phi) is 12.3. The molecule has 0 spiro atoms. The molecule has 2 nitrogen and oxygen atoms in total. The summed E-state index contributed by atoms with van der Waals surface area (Å²) in [5.74, 6) is 0. The van der Waals surface area contributed by atoms with Gasteiger partial charge in [0.05, 0.1) is 0 Å². The second-order valence-electron chi connectivity index (χ2n) is 6.77. The van der Waals surface area contributed by atoms with Gasteiger partial charge in [0.25, 0.3) is 0 Å². The number of hydrogen-bond acceptors (Lipinski definition) is 3. The van der Waals surface area contributed by atoms with Crippen LogP contribution in [0.25, 0.3) is 0 Å². The number of hydrogen-bond donors (Lipinski definition) is 2. The first-order valence-electron chi connectivity index (χ1n) is 9.84. The number of thiol groups is 2. The maximum absolute atomic E-state index is 5.67. The molecule has 0 amide bonds. The van der Waals surface area contributed by atoms with Crippen molar-refractivity contribution in [1.82, 2.24) is 9.13 Å². The van der Waals surface area contributed by atoms with Crippen molar-refractivity contribution >= 4 is 37.5 Å². The maximum atomic E-state index is 5.67. The lowest BCUT2D eigenvalue weighted by Gasteiger charge is -2.06. The highest BCUT2D eigenvalue weighted by Gasteiger charge is 2.11. The van der Waals surface area contributed by atoms with Crippen LogP contribution in [0.2, 0.25) is 0 Å². The van der Waals surface area contributed by atoms with Crippen molar-refractivity contribution in [3.63, 3.8) is 0 Å². The summed E-state index contributed by atoms with van der Waals surface area (Å²) >= 11 is 15.0. The highest BCUT2D eigenvalue weighted by molar-refractivity contribution is 7.83. The molecule has 0 saturated carbocycles. The van der Waals surface area contributed by atoms with Gasteiger partial charge in [-0.2, -0.15) is 0 Å². The molecule has 0 saturated heterocycles. The molecule has 0 aliphatic heterocycles. The van der Waals surface area contributed by atoms with Gasteiger partial charge in [-0.3, -0.25) is 0 Å². The van der Waals surface area contributed by atoms with Crippen LogP contribution in [-0.2, 0) is 13.1 Å². The van der Waals surface area contributed by atoms with E-state index in [9.17, 15) is 0 Å². The molecule has 1 rings (SSSR count). The maximum Gasteiger partial charge on any atom is 0.181 e. The molecule has 1 aromatic rings. The minimum absolute atomic E-state index is 0.895. The largest absolute Gasteiger partial charge is 0.311 e. The first kappa shape index (κ1) is 22.2. The summed E-state index contributed by atoms with van der Waals surface area (Å²) < 4.78 is 5.22. The molecule has 0 aromatic carbocycles. The van der Waals surface area contributed by atoms with Crippen LogP contribution >= 0.6 is 37.5 Å². The Hall–Kier alpha value is 0.130. The number of aromatic nitrogens is 2. The van der Waals surface area contributed by atoms with Crippen LogP contribution in [0.3, 0.4) is 0 Å². The van der Waals surface area contributed by atoms with Crippen LogP contribution in [0.1, 0.15) is 90.9 Å². The number of rotatable bonds is 14. The van der Waals surface area contributed by atoms with E-state index in [2.05, 4.69) is 48.2 Å². The first-order valence-corrected chi connectivity index (χ1v) is 11.1. The summed E-state index contributed by atoms with van der Waals surface area (Å²) in [7, 11) is 0. The second kappa shape index (κ2) is 13.3. The minimum Gasteiger partial charge on any atom is -0.311 e. The van der Waals surface area contributed by atoms with Crippen LogP contribution in [0.5, 0.6) is 0 Å². The van der Waals surface area contributed by atoms with Crippen LogP contribution in [-0.4, -0.2) is 9.13 Å². The van der Waals surface area contributed by atoms with E-state index in [1.807, 2.05) is 0 Å². The fourth-order valence-electron chi connectivity index (χ4n) is 3.07. The Bertz CT molecular complexity index is 463. The lowest BCUT2D eigenvalue weighted by Crippen LogP contribution is -2.03. The minimum atomic E-state index is 0.895. The topological polar surface area (TPSA) is 9.86 Å². The lowest BCUT2D eigenvalue weighted by molar-refractivity contribution is 0.520. The second-order valence-corrected chi connectivity index (χ2v) is 7.98. The summed E-state index contributed by atoms with van der Waals surface area (Å²) in [4.78, 5) is 0. The van der Waals surface area contributed by atoms with Gasteiger partial charge in [-0.05, 0) is 25.1 Å². The lowest BCUT2D eigenvalue weighted by atomic mass is 10.1. The van der Waals surface area contributed by atoms with E-state index in [0.717, 1.165) is 27.9 Å². The number of unbranched alkanes of at least 4 members (excludes halogenated alkanes) is 10. The van der Waals surface area contributed by atoms with Gasteiger partial charge >= 0.3 is 0 Å². The highest BCUT2D eigenvalue weighted by atomic mass is 32.1. The summed E-state index contributed by atoms with van der Waals surface area (Å²) in [6.07, 6.45) is 15.6. The molecule has 0 aliphatic carbocycles. The van der Waals surface area contributed by atoms with Crippen molar-refractivity contribution in [3.8, 4) is 0 Å². The van der Waals surface area contributed by atoms with Crippen molar-refractivity contribution in [2.45, 2.75) is 114 Å². The molecular formula is C19H36N2S3. The zero-order chi connectivity index (χ0) is 17.8. The van der Waals surface area contributed by atoms with E-state index in [1.54, 1.807) is 0 Å². The number of nitrogens with zero attached hydrogens (tertiary/aromatic N) is 2. The predicted molar refractivity (Wildman–Crippen MR) is 115 cm³/mol. The summed E-state index contributed by atoms with van der Waals surface area (Å²) in [6.45, 7) is 6.46. The van der Waals surface area contributed by atoms with Crippen LogP contribution < -0.4 is 0 Å². The van der Waals surface area contributed by atoms with E-state index in [-0.39, 0.29) is 0 Å². The third-order valence-corrected chi connectivity index (χ3v) is 6.17. The molecular weight excluding hydrogens is 352 g/mol. The average molecular weight is 389 g/mol. The Labute approximate surface area is 165 Å². The van der Waals surface area contributed by atoms with Crippen LogP contribution in [0, 0.1) is 4.77 Å². The molecule has 0 aliphatic rings. The van der Waals surface area contributed by atoms with E-state index in [1.165, 1.54) is 77.0 Å². The normalized spacial score (nSPS) is 11.3. The SMILES string of the molecule is CCCCCCCCn1c(S)c(S)n(CCCCCCCC)c1=S. The molecule has 1 heterocycles. The predicted octanol–water partition coefficient (Wildman–Crippen LogP) is 7.32. The molecule has 0 fully saturated rings. The van der Waals surface area contributed by atoms with Gasteiger partial charge in [-0.1, -0.05) is 78.1 Å². The summed E-state index contributed by atoms with van der Waals surface area (Å²) in [6, 6.07) is 0. The molecule has 5 heteroatoms. The zero-order valence-corrected chi connectivity index (χ0v) is 18.2. The van der Waals surface area contributed by atoms with E-state index in [0.29, 0.717) is 0 Å². The molecule has 0 atom stereocenters. The van der Waals surface area contributed by atoms with Gasteiger partial charge in [0.15, 0.2) is 4.77 Å².